The first-order valence-corrected chi connectivity index (χ1v) is 6.69. The molecule has 2 heteroatoms. The van der Waals surface area contributed by atoms with Crippen LogP contribution in [-0.2, 0) is 4.74 Å². The fourth-order valence-electron chi connectivity index (χ4n) is 2.38. The second-order valence-corrected chi connectivity index (χ2v) is 5.15. The Labute approximate surface area is 100 Å². The summed E-state index contributed by atoms with van der Waals surface area (Å²) in [5, 5.41) is 0. The van der Waals surface area contributed by atoms with Crippen LogP contribution in [0.4, 0.5) is 0 Å². The zero-order valence-electron chi connectivity index (χ0n) is 10.7. The first kappa shape index (κ1) is 13.7. The molecule has 1 heterocycles. The number of nitrogens with two attached hydrogens (primary N) is 1. The smallest absolute Gasteiger partial charge is 0.0804 e. The van der Waals surface area contributed by atoms with E-state index in [2.05, 4.69) is 13.5 Å². The maximum Gasteiger partial charge on any atom is 0.0804 e. The number of hydrogen-bond donors (Lipinski definition) is 1. The van der Waals surface area contributed by atoms with E-state index in [9.17, 15) is 0 Å². The highest BCUT2D eigenvalue weighted by molar-refractivity contribution is 4.89. The number of rotatable bonds is 7. The highest BCUT2D eigenvalue weighted by atomic mass is 16.5. The molecule has 0 aliphatic carbocycles. The van der Waals surface area contributed by atoms with Crippen LogP contribution in [0.1, 0.15) is 58.3 Å². The van der Waals surface area contributed by atoms with Crippen molar-refractivity contribution >= 4 is 0 Å². The van der Waals surface area contributed by atoms with Gasteiger partial charge in [0.2, 0.25) is 0 Å². The van der Waals surface area contributed by atoms with Gasteiger partial charge in [-0.15, -0.1) is 6.58 Å². The topological polar surface area (TPSA) is 35.2 Å². The van der Waals surface area contributed by atoms with Gasteiger partial charge in [-0.25, -0.2) is 0 Å². The molecule has 94 valence electrons. The standard InChI is InChI=1S/C14H27NO/c1-3-4-5-6-7-10-13(15)14(2)11-8-9-12-16-14/h3,13H,1,4-12,15H2,2H3. The Morgan fingerprint density at radius 3 is 2.81 bits per heavy atom. The van der Waals surface area contributed by atoms with Crippen molar-refractivity contribution in [2.24, 2.45) is 5.73 Å². The minimum Gasteiger partial charge on any atom is -0.374 e. The molecule has 1 aliphatic rings. The zero-order valence-corrected chi connectivity index (χ0v) is 10.7. The average Bonchev–Trinajstić information content (AvgIpc) is 2.29. The van der Waals surface area contributed by atoms with E-state index >= 15 is 0 Å². The molecule has 2 nitrogen and oxygen atoms in total. The Hall–Kier alpha value is -0.340. The highest BCUT2D eigenvalue weighted by Crippen LogP contribution is 2.29. The van der Waals surface area contributed by atoms with Gasteiger partial charge in [-0.2, -0.15) is 0 Å². The monoisotopic (exact) mass is 225 g/mol. The van der Waals surface area contributed by atoms with Crippen molar-refractivity contribution < 1.29 is 4.74 Å². The number of allylic oxidation sites excluding steroid dienone is 1. The van der Waals surface area contributed by atoms with Crippen molar-refractivity contribution in [3.8, 4) is 0 Å². The normalized spacial score (nSPS) is 27.6. The summed E-state index contributed by atoms with van der Waals surface area (Å²) >= 11 is 0. The van der Waals surface area contributed by atoms with Crippen molar-refractivity contribution in [3.63, 3.8) is 0 Å². The van der Waals surface area contributed by atoms with E-state index in [0.717, 1.165) is 25.9 Å². The molecule has 0 bridgehead atoms. The van der Waals surface area contributed by atoms with Crippen LogP contribution < -0.4 is 5.73 Å². The quantitative estimate of drug-likeness (QED) is 0.532. The van der Waals surface area contributed by atoms with Gasteiger partial charge < -0.3 is 10.5 Å². The largest absolute Gasteiger partial charge is 0.374 e. The van der Waals surface area contributed by atoms with Crippen LogP contribution >= 0.6 is 0 Å². The van der Waals surface area contributed by atoms with Gasteiger partial charge in [0.1, 0.15) is 0 Å². The first-order valence-electron chi connectivity index (χ1n) is 6.69. The van der Waals surface area contributed by atoms with Crippen LogP contribution in [0.3, 0.4) is 0 Å². The van der Waals surface area contributed by atoms with Crippen LogP contribution in [-0.4, -0.2) is 18.2 Å². The van der Waals surface area contributed by atoms with E-state index in [1.54, 1.807) is 0 Å². The molecule has 16 heavy (non-hydrogen) atoms. The maximum atomic E-state index is 6.25. The lowest BCUT2D eigenvalue weighted by Crippen LogP contribution is -2.49. The fourth-order valence-corrected chi connectivity index (χ4v) is 2.38. The Morgan fingerprint density at radius 1 is 1.38 bits per heavy atom. The number of ether oxygens (including phenoxy) is 1. The summed E-state index contributed by atoms with van der Waals surface area (Å²) in [6.45, 7) is 6.80. The second-order valence-electron chi connectivity index (χ2n) is 5.15. The van der Waals surface area contributed by atoms with E-state index in [4.69, 9.17) is 10.5 Å². The van der Waals surface area contributed by atoms with E-state index in [0.29, 0.717) is 0 Å². The molecule has 0 aromatic rings. The second kappa shape index (κ2) is 7.08. The van der Waals surface area contributed by atoms with Crippen molar-refractivity contribution in [1.82, 2.24) is 0 Å². The summed E-state index contributed by atoms with van der Waals surface area (Å²) in [7, 11) is 0. The lowest BCUT2D eigenvalue weighted by molar-refractivity contribution is -0.0826. The molecule has 1 fully saturated rings. The van der Waals surface area contributed by atoms with Crippen molar-refractivity contribution in [3.05, 3.63) is 12.7 Å². The van der Waals surface area contributed by atoms with Crippen LogP contribution in [0, 0.1) is 0 Å². The zero-order chi connectivity index (χ0) is 11.9. The van der Waals surface area contributed by atoms with Gasteiger partial charge in [0.05, 0.1) is 5.60 Å². The number of hydrogen-bond acceptors (Lipinski definition) is 2. The van der Waals surface area contributed by atoms with Crippen molar-refractivity contribution in [2.75, 3.05) is 6.61 Å². The Kier molecular flexibility index (Phi) is 6.07. The van der Waals surface area contributed by atoms with E-state index in [-0.39, 0.29) is 11.6 Å². The summed E-state index contributed by atoms with van der Waals surface area (Å²) in [6, 6.07) is 0.205. The van der Waals surface area contributed by atoms with Gasteiger partial charge in [0, 0.05) is 12.6 Å². The Balaban J connectivity index is 2.17. The van der Waals surface area contributed by atoms with E-state index < -0.39 is 0 Å². The van der Waals surface area contributed by atoms with Crippen LogP contribution in [0.2, 0.25) is 0 Å². The lowest BCUT2D eigenvalue weighted by atomic mass is 9.86. The van der Waals surface area contributed by atoms with Crippen LogP contribution in [0.25, 0.3) is 0 Å². The molecular formula is C14H27NO. The minimum absolute atomic E-state index is 0.0588. The summed E-state index contributed by atoms with van der Waals surface area (Å²) in [4.78, 5) is 0. The van der Waals surface area contributed by atoms with Gasteiger partial charge in [0.25, 0.3) is 0 Å². The summed E-state index contributed by atoms with van der Waals surface area (Å²) in [6.07, 6.45) is 11.5. The predicted octanol–water partition coefficient (Wildman–Crippen LogP) is 3.41. The molecule has 0 aromatic carbocycles. The summed E-state index contributed by atoms with van der Waals surface area (Å²) in [5.74, 6) is 0. The van der Waals surface area contributed by atoms with Crippen LogP contribution in [0.5, 0.6) is 0 Å². The fraction of sp³-hybridized carbons (Fsp3) is 0.857. The maximum absolute atomic E-state index is 6.25. The van der Waals surface area contributed by atoms with Crippen molar-refractivity contribution in [2.45, 2.75) is 69.9 Å². The molecule has 0 aromatic heterocycles. The van der Waals surface area contributed by atoms with Crippen molar-refractivity contribution in [1.29, 1.82) is 0 Å². The molecule has 1 rings (SSSR count). The highest BCUT2D eigenvalue weighted by Gasteiger charge is 2.33. The Morgan fingerprint density at radius 2 is 2.19 bits per heavy atom. The third kappa shape index (κ3) is 4.26. The molecule has 0 radical (unpaired) electrons. The predicted molar refractivity (Wildman–Crippen MR) is 69.5 cm³/mol. The third-order valence-electron chi connectivity index (χ3n) is 3.71. The molecule has 0 amide bonds. The molecule has 0 saturated carbocycles. The van der Waals surface area contributed by atoms with Gasteiger partial charge in [-0.05, 0) is 45.4 Å². The molecule has 1 saturated heterocycles. The van der Waals surface area contributed by atoms with Gasteiger partial charge in [0.15, 0.2) is 0 Å². The SMILES string of the molecule is C=CCCCCCC(N)C1(C)CCCCO1. The minimum atomic E-state index is -0.0588. The van der Waals surface area contributed by atoms with Gasteiger partial charge in [-0.3, -0.25) is 0 Å². The van der Waals surface area contributed by atoms with Crippen LogP contribution in [0.15, 0.2) is 12.7 Å². The van der Waals surface area contributed by atoms with Gasteiger partial charge in [-0.1, -0.05) is 18.9 Å². The molecule has 2 atom stereocenters. The molecule has 0 spiro atoms. The first-order chi connectivity index (χ1) is 7.69. The summed E-state index contributed by atoms with van der Waals surface area (Å²) < 4.78 is 5.86. The molecule has 2 unspecified atom stereocenters. The number of unbranched alkanes of at least 4 members (excludes halogenated alkanes) is 3. The Bertz CT molecular complexity index is 197. The van der Waals surface area contributed by atoms with Gasteiger partial charge >= 0.3 is 0 Å². The molecule has 1 aliphatic heterocycles. The third-order valence-corrected chi connectivity index (χ3v) is 3.71. The molecular weight excluding hydrogens is 198 g/mol. The average molecular weight is 225 g/mol. The lowest BCUT2D eigenvalue weighted by Gasteiger charge is -2.38. The van der Waals surface area contributed by atoms with E-state index in [1.165, 1.54) is 32.1 Å². The van der Waals surface area contributed by atoms with E-state index in [1.807, 2.05) is 6.08 Å². The molecule has 2 N–H and O–H groups in total. The summed E-state index contributed by atoms with van der Waals surface area (Å²) in [5.41, 5.74) is 6.19.